The molecule has 0 saturated carbocycles. The minimum absolute atomic E-state index is 0.744. The summed E-state index contributed by atoms with van der Waals surface area (Å²) in [5.41, 5.74) is 3.10. The van der Waals surface area contributed by atoms with Crippen molar-refractivity contribution in [3.63, 3.8) is 0 Å². The number of aromatic nitrogens is 3. The van der Waals surface area contributed by atoms with Crippen LogP contribution in [-0.2, 0) is 6.54 Å². The Morgan fingerprint density at radius 3 is 3.12 bits per heavy atom. The largest absolute Gasteiger partial charge is 0.379 e. The summed E-state index contributed by atoms with van der Waals surface area (Å²) in [4.78, 5) is 8.45. The molecule has 0 aliphatic carbocycles. The van der Waals surface area contributed by atoms with Gasteiger partial charge in [0.15, 0.2) is 5.65 Å². The van der Waals surface area contributed by atoms with E-state index in [0.29, 0.717) is 0 Å². The van der Waals surface area contributed by atoms with Crippen molar-refractivity contribution in [1.29, 1.82) is 0 Å². The summed E-state index contributed by atoms with van der Waals surface area (Å²) in [6, 6.07) is 2.06. The summed E-state index contributed by atoms with van der Waals surface area (Å²) in [6.07, 6.45) is 5.54. The van der Waals surface area contributed by atoms with Crippen molar-refractivity contribution >= 4 is 38.6 Å². The highest BCUT2D eigenvalue weighted by Gasteiger charge is 2.04. The molecule has 86 valence electrons. The molecule has 0 aliphatic heterocycles. The molecule has 0 aromatic carbocycles. The topological polar surface area (TPSA) is 42.2 Å². The van der Waals surface area contributed by atoms with Crippen LogP contribution in [0.1, 0.15) is 5.69 Å². The first-order chi connectivity index (χ1) is 8.33. The third-order valence-corrected chi connectivity index (χ3v) is 3.53. The number of anilines is 1. The Kier molecular flexibility index (Phi) is 2.82. The van der Waals surface area contributed by atoms with E-state index in [1.165, 1.54) is 0 Å². The number of hydrogen-bond donors (Lipinski definition) is 1. The molecule has 6 heteroatoms. The van der Waals surface area contributed by atoms with Gasteiger partial charge >= 0.3 is 0 Å². The van der Waals surface area contributed by atoms with Crippen LogP contribution in [0.4, 0.5) is 5.69 Å². The van der Waals surface area contributed by atoms with Crippen molar-refractivity contribution in [3.05, 3.63) is 45.7 Å². The fourth-order valence-corrected chi connectivity index (χ4v) is 2.52. The maximum atomic E-state index is 4.30. The lowest BCUT2D eigenvalue weighted by Crippen LogP contribution is -2.02. The molecule has 0 atom stereocenters. The van der Waals surface area contributed by atoms with E-state index in [-0.39, 0.29) is 0 Å². The number of nitrogens with zero attached hydrogens (tertiary/aromatic N) is 3. The van der Waals surface area contributed by atoms with Crippen LogP contribution < -0.4 is 5.32 Å². The molecule has 4 nitrogen and oxygen atoms in total. The number of imidazole rings is 1. The van der Waals surface area contributed by atoms with Crippen LogP contribution in [0.25, 0.3) is 5.65 Å². The van der Waals surface area contributed by atoms with Gasteiger partial charge in [0.1, 0.15) is 4.60 Å². The highest BCUT2D eigenvalue weighted by Crippen LogP contribution is 2.15. The van der Waals surface area contributed by atoms with Gasteiger partial charge in [0.25, 0.3) is 0 Å². The highest BCUT2D eigenvalue weighted by molar-refractivity contribution is 9.10. The third-order valence-electron chi connectivity index (χ3n) is 2.44. The van der Waals surface area contributed by atoms with Gasteiger partial charge < -0.3 is 5.32 Å². The maximum Gasteiger partial charge on any atom is 0.155 e. The molecular weight excluding hydrogens is 300 g/mol. The minimum Gasteiger partial charge on any atom is -0.379 e. The van der Waals surface area contributed by atoms with Gasteiger partial charge in [-0.2, -0.15) is 11.3 Å². The van der Waals surface area contributed by atoms with Gasteiger partial charge in [0, 0.05) is 17.3 Å². The molecule has 17 heavy (non-hydrogen) atoms. The standard InChI is InChI=1S/C11H9BrN4S/c12-10-6-16-9(4-15-11(16)5-14-10)3-13-8-1-2-17-7-8/h1-2,4-7,13H,3H2. The number of halogens is 1. The first-order valence-electron chi connectivity index (χ1n) is 5.06. The maximum absolute atomic E-state index is 4.30. The lowest BCUT2D eigenvalue weighted by molar-refractivity contribution is 0.984. The smallest absolute Gasteiger partial charge is 0.155 e. The van der Waals surface area contributed by atoms with Gasteiger partial charge in [-0.15, -0.1) is 0 Å². The molecule has 0 spiro atoms. The van der Waals surface area contributed by atoms with Gasteiger partial charge in [-0.1, -0.05) is 0 Å². The average molecular weight is 309 g/mol. The van der Waals surface area contributed by atoms with Crippen molar-refractivity contribution in [2.24, 2.45) is 0 Å². The second-order valence-electron chi connectivity index (χ2n) is 3.55. The second kappa shape index (κ2) is 4.46. The fraction of sp³-hybridized carbons (Fsp3) is 0.0909. The molecule has 0 radical (unpaired) electrons. The van der Waals surface area contributed by atoms with E-state index in [0.717, 1.165) is 28.2 Å². The van der Waals surface area contributed by atoms with Crippen LogP contribution in [0, 0.1) is 0 Å². The van der Waals surface area contributed by atoms with Crippen molar-refractivity contribution < 1.29 is 0 Å². The van der Waals surface area contributed by atoms with Crippen LogP contribution in [0.15, 0.2) is 40.0 Å². The molecule has 3 aromatic heterocycles. The van der Waals surface area contributed by atoms with Crippen molar-refractivity contribution in [3.8, 4) is 0 Å². The Morgan fingerprint density at radius 2 is 2.29 bits per heavy atom. The lowest BCUT2D eigenvalue weighted by atomic mass is 10.4. The van der Waals surface area contributed by atoms with Gasteiger partial charge in [0.05, 0.1) is 24.6 Å². The van der Waals surface area contributed by atoms with Crippen LogP contribution in [0.5, 0.6) is 0 Å². The molecule has 0 amide bonds. The minimum atomic E-state index is 0.744. The van der Waals surface area contributed by atoms with Gasteiger partial charge in [-0.05, 0) is 27.4 Å². The zero-order valence-corrected chi connectivity index (χ0v) is 11.2. The quantitative estimate of drug-likeness (QED) is 0.808. The van der Waals surface area contributed by atoms with E-state index < -0.39 is 0 Å². The average Bonchev–Trinajstić information content (AvgIpc) is 2.94. The number of thiophene rings is 1. The molecule has 0 unspecified atom stereocenters. The Labute approximate surface area is 110 Å². The molecule has 3 heterocycles. The first-order valence-corrected chi connectivity index (χ1v) is 6.80. The Hall–Kier alpha value is -1.40. The lowest BCUT2D eigenvalue weighted by Gasteiger charge is -2.04. The van der Waals surface area contributed by atoms with E-state index in [4.69, 9.17) is 0 Å². The Bertz CT molecular complexity index is 632. The molecule has 3 aromatic rings. The van der Waals surface area contributed by atoms with E-state index in [1.807, 2.05) is 16.8 Å². The number of hydrogen-bond acceptors (Lipinski definition) is 4. The van der Waals surface area contributed by atoms with Crippen molar-refractivity contribution in [2.75, 3.05) is 5.32 Å². The van der Waals surface area contributed by atoms with Crippen LogP contribution in [-0.4, -0.2) is 14.4 Å². The SMILES string of the molecule is Brc1cn2c(CNc3ccsc3)cnc2cn1. The molecule has 0 fully saturated rings. The Morgan fingerprint density at radius 1 is 1.35 bits per heavy atom. The second-order valence-corrected chi connectivity index (χ2v) is 5.15. The zero-order chi connectivity index (χ0) is 11.7. The van der Waals surface area contributed by atoms with Gasteiger partial charge in [-0.3, -0.25) is 4.40 Å². The number of fused-ring (bicyclic) bond motifs is 1. The summed E-state index contributed by atoms with van der Waals surface area (Å²) in [6.45, 7) is 0.744. The highest BCUT2D eigenvalue weighted by atomic mass is 79.9. The Balaban J connectivity index is 1.87. The molecule has 0 bridgehead atoms. The molecule has 0 aliphatic rings. The summed E-state index contributed by atoms with van der Waals surface area (Å²) < 4.78 is 2.83. The predicted octanol–water partition coefficient (Wildman–Crippen LogP) is 3.17. The summed E-state index contributed by atoms with van der Waals surface area (Å²) in [5, 5.41) is 7.49. The van der Waals surface area contributed by atoms with E-state index >= 15 is 0 Å². The van der Waals surface area contributed by atoms with E-state index in [1.54, 1.807) is 17.5 Å². The normalized spacial score (nSPS) is 10.9. The van der Waals surface area contributed by atoms with Crippen LogP contribution in [0.3, 0.4) is 0 Å². The summed E-state index contributed by atoms with van der Waals surface area (Å²) >= 11 is 5.04. The van der Waals surface area contributed by atoms with Crippen LogP contribution in [0.2, 0.25) is 0 Å². The van der Waals surface area contributed by atoms with Crippen LogP contribution >= 0.6 is 27.3 Å². The first kappa shape index (κ1) is 10.7. The molecule has 0 saturated heterocycles. The monoisotopic (exact) mass is 308 g/mol. The zero-order valence-electron chi connectivity index (χ0n) is 8.80. The third kappa shape index (κ3) is 2.18. The van der Waals surface area contributed by atoms with E-state index in [9.17, 15) is 0 Å². The van der Waals surface area contributed by atoms with Crippen molar-refractivity contribution in [1.82, 2.24) is 14.4 Å². The van der Waals surface area contributed by atoms with Gasteiger partial charge in [0.2, 0.25) is 0 Å². The van der Waals surface area contributed by atoms with Gasteiger partial charge in [-0.25, -0.2) is 9.97 Å². The fourth-order valence-electron chi connectivity index (χ4n) is 1.60. The van der Waals surface area contributed by atoms with E-state index in [2.05, 4.69) is 48.0 Å². The summed E-state index contributed by atoms with van der Waals surface area (Å²) in [7, 11) is 0. The molecule has 1 N–H and O–H groups in total. The molecule has 3 rings (SSSR count). The number of rotatable bonds is 3. The summed E-state index contributed by atoms with van der Waals surface area (Å²) in [5.74, 6) is 0. The molecular formula is C11H9BrN4S. The number of nitrogens with one attached hydrogen (secondary N) is 1. The predicted molar refractivity (Wildman–Crippen MR) is 72.3 cm³/mol. The van der Waals surface area contributed by atoms with Crippen molar-refractivity contribution in [2.45, 2.75) is 6.54 Å².